The third-order valence-corrected chi connectivity index (χ3v) is 14.7. The lowest BCUT2D eigenvalue weighted by atomic mass is 9.50. The number of hydrogen-bond donors (Lipinski definition) is 3. The molecule has 8 aliphatic rings. The molecule has 2 unspecified atom stereocenters. The van der Waals surface area contributed by atoms with Crippen molar-refractivity contribution in [2.24, 2.45) is 23.5 Å². The first-order valence-corrected chi connectivity index (χ1v) is 22.0. The summed E-state index contributed by atoms with van der Waals surface area (Å²) in [6.45, 7) is 1.74. The smallest absolute Gasteiger partial charge is 0.415 e. The normalized spacial score (nSPS) is 31.9. The number of benzene rings is 3. The summed E-state index contributed by atoms with van der Waals surface area (Å²) in [7, 11) is 0. The maximum Gasteiger partial charge on any atom is 0.415 e. The van der Waals surface area contributed by atoms with E-state index in [9.17, 15) is 14.4 Å². The number of hydrogen-bond acceptors (Lipinski definition) is 9. The lowest BCUT2D eigenvalue weighted by Gasteiger charge is -2.62. The number of rotatable bonds is 9. The fourth-order valence-corrected chi connectivity index (χ4v) is 12.1. The van der Waals surface area contributed by atoms with E-state index in [0.29, 0.717) is 63.4 Å². The van der Waals surface area contributed by atoms with Crippen molar-refractivity contribution in [3.05, 3.63) is 89.5 Å². The van der Waals surface area contributed by atoms with E-state index in [1.54, 1.807) is 4.90 Å². The van der Waals surface area contributed by atoms with Crippen molar-refractivity contribution in [2.45, 2.75) is 118 Å². The first-order chi connectivity index (χ1) is 28.7. The van der Waals surface area contributed by atoms with Gasteiger partial charge in [0.1, 0.15) is 12.4 Å². The van der Waals surface area contributed by atoms with Crippen molar-refractivity contribution in [3.63, 3.8) is 0 Å². The predicted octanol–water partition coefficient (Wildman–Crippen LogP) is 7.65. The lowest BCUT2D eigenvalue weighted by molar-refractivity contribution is -0.391. The molecule has 7 fully saturated rings. The summed E-state index contributed by atoms with van der Waals surface area (Å²) < 4.78 is 18.6. The molecule has 0 radical (unpaired) electrons. The van der Waals surface area contributed by atoms with Crippen LogP contribution in [0, 0.1) is 17.8 Å². The molecule has 3 aromatic rings. The van der Waals surface area contributed by atoms with Gasteiger partial charge < -0.3 is 35.5 Å². The molecule has 2 heterocycles. The van der Waals surface area contributed by atoms with E-state index in [1.165, 1.54) is 22.3 Å². The average Bonchev–Trinajstić information content (AvgIpc) is 3.77. The SMILES string of the molecule is NCCCC(=O)NC12CC3CC(C1)C1(OO[C@@]4(CCC[C@@H](c5ccc(OC(=O)N6CCC(NC(=O)OCC7c8ccccc8-c8ccccc87)CC6)cc5)C4)O1)C(C3)C2. The molecule has 4 bridgehead atoms. The second-order valence-corrected chi connectivity index (χ2v) is 18.4. The highest BCUT2D eigenvalue weighted by atomic mass is 17.3. The standard InChI is InChI=1S/C47H56N4O8/c48-20-6-12-42(52)50-45-25-30-23-33(27-45)47(34(24-30)28-45)57-46(58-59-47)19-5-7-32(26-46)31-13-15-36(16-14-31)56-44(54)51-21-17-35(18-22-51)49-43(53)55-29-41-39-10-3-1-8-37(39)38-9-2-4-11-40(38)41/h1-4,8-11,13-16,30,32-35,41H,5-7,12,17-29,48H2,(H,49,53)(H,50,52)/t30?,32-,33?,34?,45?,46-,47?/m1/s1. The van der Waals surface area contributed by atoms with Crippen molar-refractivity contribution < 1.29 is 38.4 Å². The Balaban J connectivity index is 0.692. The predicted molar refractivity (Wildman–Crippen MR) is 218 cm³/mol. The summed E-state index contributed by atoms with van der Waals surface area (Å²) in [5.41, 5.74) is 11.4. The van der Waals surface area contributed by atoms with Crippen molar-refractivity contribution in [2.75, 3.05) is 26.2 Å². The number of carbonyl (C=O) groups is 3. The molecule has 12 nitrogen and oxygen atoms in total. The molecular formula is C47H56N4O8. The molecule has 2 spiro atoms. The van der Waals surface area contributed by atoms with E-state index in [-0.39, 0.29) is 47.8 Å². The molecule has 0 aromatic heterocycles. The van der Waals surface area contributed by atoms with E-state index in [1.807, 2.05) is 48.5 Å². The minimum Gasteiger partial charge on any atom is -0.449 e. The Bertz CT molecular complexity index is 2010. The summed E-state index contributed by atoms with van der Waals surface area (Å²) in [6, 6.07) is 24.3. The number of alkyl carbamates (subject to hydrolysis) is 1. The van der Waals surface area contributed by atoms with Gasteiger partial charge in [-0.05, 0) is 123 Å². The van der Waals surface area contributed by atoms with Gasteiger partial charge in [-0.3, -0.25) is 4.79 Å². The Hall–Kier alpha value is -4.49. The van der Waals surface area contributed by atoms with E-state index >= 15 is 0 Å². The van der Waals surface area contributed by atoms with Gasteiger partial charge in [-0.2, -0.15) is 9.78 Å². The number of carbonyl (C=O) groups excluding carboxylic acids is 3. The van der Waals surface area contributed by atoms with Crippen molar-refractivity contribution >= 4 is 18.1 Å². The van der Waals surface area contributed by atoms with Gasteiger partial charge in [0.15, 0.2) is 0 Å². The number of nitrogens with zero attached hydrogens (tertiary/aromatic N) is 1. The van der Waals surface area contributed by atoms with Gasteiger partial charge in [0.25, 0.3) is 0 Å². The van der Waals surface area contributed by atoms with Crippen LogP contribution in [0.4, 0.5) is 9.59 Å². The van der Waals surface area contributed by atoms with Crippen LogP contribution < -0.4 is 21.1 Å². The summed E-state index contributed by atoms with van der Waals surface area (Å²) in [5.74, 6) is 0.184. The molecule has 59 heavy (non-hydrogen) atoms. The zero-order chi connectivity index (χ0) is 40.2. The Kier molecular flexibility index (Phi) is 10.2. The fourth-order valence-electron chi connectivity index (χ4n) is 12.1. The largest absolute Gasteiger partial charge is 0.449 e. The van der Waals surface area contributed by atoms with E-state index < -0.39 is 23.8 Å². The highest BCUT2D eigenvalue weighted by Crippen LogP contribution is 2.65. The minimum absolute atomic E-state index is 0.00568. The fraction of sp³-hybridized carbons (Fsp3) is 0.553. The maximum atomic E-state index is 13.2. The highest BCUT2D eigenvalue weighted by molar-refractivity contribution is 5.79. The summed E-state index contributed by atoms with van der Waals surface area (Å²) in [6.07, 6.45) is 9.83. The number of piperidine rings is 1. The van der Waals surface area contributed by atoms with Crippen LogP contribution >= 0.6 is 0 Å². The number of nitrogens with two attached hydrogens (primary N) is 1. The third kappa shape index (κ3) is 7.29. The minimum atomic E-state index is -0.799. The van der Waals surface area contributed by atoms with Gasteiger partial charge in [-0.15, -0.1) is 0 Å². The highest BCUT2D eigenvalue weighted by Gasteiger charge is 2.70. The van der Waals surface area contributed by atoms with Gasteiger partial charge >= 0.3 is 12.2 Å². The molecule has 5 saturated carbocycles. The Morgan fingerprint density at radius 1 is 0.831 bits per heavy atom. The first-order valence-electron chi connectivity index (χ1n) is 22.0. The van der Waals surface area contributed by atoms with E-state index in [4.69, 9.17) is 29.7 Å². The van der Waals surface area contributed by atoms with Crippen LogP contribution in [-0.4, -0.2) is 72.4 Å². The van der Waals surface area contributed by atoms with Crippen molar-refractivity contribution in [1.82, 2.24) is 15.5 Å². The maximum absolute atomic E-state index is 13.2. The summed E-state index contributed by atoms with van der Waals surface area (Å²) >= 11 is 0. The molecular weight excluding hydrogens is 749 g/mol. The van der Waals surface area contributed by atoms with Crippen LogP contribution in [0.15, 0.2) is 72.8 Å². The number of ether oxygens (including phenoxy) is 3. The van der Waals surface area contributed by atoms with Crippen LogP contribution in [0.5, 0.6) is 5.75 Å². The molecule has 4 atom stereocenters. The third-order valence-electron chi connectivity index (χ3n) is 14.7. The number of fused-ring (bicyclic) bond motifs is 3. The second kappa shape index (κ2) is 15.5. The van der Waals surface area contributed by atoms with Crippen LogP contribution in [0.25, 0.3) is 11.1 Å². The van der Waals surface area contributed by atoms with Gasteiger partial charge in [-0.1, -0.05) is 60.7 Å². The zero-order valence-electron chi connectivity index (χ0n) is 33.7. The molecule has 4 N–H and O–H groups in total. The Labute approximate surface area is 345 Å². The molecule has 2 aliphatic heterocycles. The Morgan fingerprint density at radius 2 is 1.53 bits per heavy atom. The molecule has 312 valence electrons. The monoisotopic (exact) mass is 804 g/mol. The zero-order valence-corrected chi connectivity index (χ0v) is 33.7. The van der Waals surface area contributed by atoms with Crippen molar-refractivity contribution in [3.8, 4) is 16.9 Å². The molecule has 3 aromatic carbocycles. The van der Waals surface area contributed by atoms with E-state index in [0.717, 1.165) is 56.9 Å². The topological polar surface area (TPSA) is 151 Å². The lowest BCUT2D eigenvalue weighted by Crippen LogP contribution is -2.69. The van der Waals surface area contributed by atoms with Crippen LogP contribution in [0.3, 0.4) is 0 Å². The van der Waals surface area contributed by atoms with Gasteiger partial charge in [0.05, 0.1) is 0 Å². The average molecular weight is 805 g/mol. The van der Waals surface area contributed by atoms with Gasteiger partial charge in [0.2, 0.25) is 17.5 Å². The molecule has 2 saturated heterocycles. The first kappa shape index (κ1) is 38.7. The number of likely N-dealkylation sites (tertiary alicyclic amines) is 1. The van der Waals surface area contributed by atoms with Crippen molar-refractivity contribution in [1.29, 1.82) is 0 Å². The van der Waals surface area contributed by atoms with Crippen LogP contribution in [0.2, 0.25) is 0 Å². The molecule has 6 aliphatic carbocycles. The summed E-state index contributed by atoms with van der Waals surface area (Å²) in [4.78, 5) is 53.2. The Morgan fingerprint density at radius 3 is 2.22 bits per heavy atom. The van der Waals surface area contributed by atoms with Gasteiger partial charge in [0, 0.05) is 61.7 Å². The number of nitrogens with one attached hydrogen (secondary N) is 2. The van der Waals surface area contributed by atoms with E-state index in [2.05, 4.69) is 34.9 Å². The molecule has 11 rings (SSSR count). The summed E-state index contributed by atoms with van der Waals surface area (Å²) in [5, 5.41) is 6.44. The molecule has 12 heteroatoms. The quantitative estimate of drug-likeness (QED) is 0.185. The number of amides is 3. The molecule has 3 amide bonds. The van der Waals surface area contributed by atoms with Crippen LogP contribution in [-0.2, 0) is 24.0 Å². The second-order valence-electron chi connectivity index (χ2n) is 18.4. The van der Waals surface area contributed by atoms with Crippen LogP contribution in [0.1, 0.15) is 112 Å². The van der Waals surface area contributed by atoms with Gasteiger partial charge in [-0.25, -0.2) is 9.59 Å².